The van der Waals surface area contributed by atoms with E-state index in [0.29, 0.717) is 24.7 Å². The molecule has 0 amide bonds. The third-order valence-corrected chi connectivity index (χ3v) is 2.16. The van der Waals surface area contributed by atoms with E-state index in [1.54, 1.807) is 12.1 Å². The van der Waals surface area contributed by atoms with Gasteiger partial charge >= 0.3 is 0 Å². The second-order valence-electron chi connectivity index (χ2n) is 3.40. The van der Waals surface area contributed by atoms with Crippen LogP contribution in [-0.2, 0) is 0 Å². The fourth-order valence-electron chi connectivity index (χ4n) is 1.35. The summed E-state index contributed by atoms with van der Waals surface area (Å²) in [5.74, 6) is 0.503. The van der Waals surface area contributed by atoms with Crippen molar-refractivity contribution in [3.05, 3.63) is 34.6 Å². The molecule has 0 aromatic carbocycles. The zero-order valence-electron chi connectivity index (χ0n) is 8.77. The van der Waals surface area contributed by atoms with E-state index in [1.165, 1.54) is 6.07 Å². The third-order valence-electron chi connectivity index (χ3n) is 2.16. The number of aromatic amines is 1. The molecular formula is C11H13N3O2. The summed E-state index contributed by atoms with van der Waals surface area (Å²) in [6.45, 7) is 1.12. The maximum atomic E-state index is 11.1. The maximum Gasteiger partial charge on any atom is 0.249 e. The molecule has 0 aliphatic heterocycles. The van der Waals surface area contributed by atoms with Crippen molar-refractivity contribution in [1.29, 1.82) is 0 Å². The molecular weight excluding hydrogens is 206 g/mol. The van der Waals surface area contributed by atoms with Crippen molar-refractivity contribution in [2.24, 2.45) is 5.73 Å². The number of nitrogens with two attached hydrogens (primary N) is 1. The lowest BCUT2D eigenvalue weighted by Crippen LogP contribution is -2.08. The average Bonchev–Trinajstić information content (AvgIpc) is 2.29. The maximum absolute atomic E-state index is 11.1. The SMILES string of the molecule is NCCCOc1ccc2ccc(=O)[nH]c2n1. The zero-order chi connectivity index (χ0) is 11.4. The number of hydrogen-bond donors (Lipinski definition) is 2. The molecule has 2 rings (SSSR count). The molecule has 0 spiro atoms. The van der Waals surface area contributed by atoms with Crippen LogP contribution in [0.2, 0.25) is 0 Å². The first kappa shape index (κ1) is 10.6. The van der Waals surface area contributed by atoms with Crippen LogP contribution < -0.4 is 16.0 Å². The van der Waals surface area contributed by atoms with Gasteiger partial charge in [0.1, 0.15) is 5.65 Å². The molecule has 16 heavy (non-hydrogen) atoms. The van der Waals surface area contributed by atoms with Gasteiger partial charge in [0.05, 0.1) is 6.61 Å². The molecule has 0 saturated carbocycles. The van der Waals surface area contributed by atoms with Gasteiger partial charge in [0, 0.05) is 17.5 Å². The second kappa shape index (κ2) is 4.76. The Morgan fingerprint density at radius 3 is 2.94 bits per heavy atom. The number of H-pyrrole nitrogens is 1. The Labute approximate surface area is 92.3 Å². The molecule has 0 saturated heterocycles. The lowest BCUT2D eigenvalue weighted by atomic mass is 10.3. The van der Waals surface area contributed by atoms with E-state index < -0.39 is 0 Å². The molecule has 5 nitrogen and oxygen atoms in total. The Morgan fingerprint density at radius 2 is 2.12 bits per heavy atom. The molecule has 2 heterocycles. The minimum atomic E-state index is -0.167. The van der Waals surface area contributed by atoms with Crippen LogP contribution in [0.5, 0.6) is 5.88 Å². The highest BCUT2D eigenvalue weighted by Crippen LogP contribution is 2.12. The van der Waals surface area contributed by atoms with Gasteiger partial charge in [-0.1, -0.05) is 0 Å². The predicted octanol–water partition coefficient (Wildman–Crippen LogP) is 0.651. The van der Waals surface area contributed by atoms with E-state index in [-0.39, 0.29) is 5.56 Å². The van der Waals surface area contributed by atoms with Gasteiger partial charge in [0.2, 0.25) is 11.4 Å². The topological polar surface area (TPSA) is 81.0 Å². The van der Waals surface area contributed by atoms with Gasteiger partial charge in [-0.15, -0.1) is 0 Å². The predicted molar refractivity (Wildman–Crippen MR) is 61.5 cm³/mol. The highest BCUT2D eigenvalue weighted by atomic mass is 16.5. The standard InChI is InChI=1S/C11H13N3O2/c12-6-1-7-16-10-5-3-8-2-4-9(15)13-11(8)14-10/h2-5H,1,6-7,12H2,(H,13,14,15). The van der Waals surface area contributed by atoms with Crippen LogP contribution in [0.15, 0.2) is 29.1 Å². The van der Waals surface area contributed by atoms with Crippen molar-refractivity contribution in [3.63, 3.8) is 0 Å². The van der Waals surface area contributed by atoms with Gasteiger partial charge in [-0.05, 0) is 25.1 Å². The molecule has 0 aliphatic rings. The first-order valence-corrected chi connectivity index (χ1v) is 5.12. The molecule has 0 fully saturated rings. The van der Waals surface area contributed by atoms with E-state index in [4.69, 9.17) is 10.5 Å². The largest absolute Gasteiger partial charge is 0.478 e. The van der Waals surface area contributed by atoms with Crippen LogP contribution in [0, 0.1) is 0 Å². The lowest BCUT2D eigenvalue weighted by molar-refractivity contribution is 0.302. The van der Waals surface area contributed by atoms with E-state index in [1.807, 2.05) is 6.07 Å². The summed E-state index contributed by atoms with van der Waals surface area (Å²) in [6.07, 6.45) is 0.783. The number of ether oxygens (including phenoxy) is 1. The van der Waals surface area contributed by atoms with Gasteiger partial charge in [0.25, 0.3) is 0 Å². The summed E-state index contributed by atoms with van der Waals surface area (Å²) in [7, 11) is 0. The molecule has 0 bridgehead atoms. The van der Waals surface area contributed by atoms with Gasteiger partial charge in [-0.3, -0.25) is 4.79 Å². The molecule has 2 aromatic heterocycles. The van der Waals surface area contributed by atoms with Crippen LogP contribution in [0.3, 0.4) is 0 Å². The van der Waals surface area contributed by atoms with Crippen molar-refractivity contribution >= 4 is 11.0 Å². The molecule has 0 radical (unpaired) electrons. The third kappa shape index (κ3) is 2.38. The smallest absolute Gasteiger partial charge is 0.249 e. The Hall–Kier alpha value is -1.88. The Bertz CT molecular complexity index is 536. The van der Waals surface area contributed by atoms with Gasteiger partial charge in [-0.2, -0.15) is 4.98 Å². The molecule has 2 aromatic rings. The number of fused-ring (bicyclic) bond motifs is 1. The van der Waals surface area contributed by atoms with E-state index in [9.17, 15) is 4.79 Å². The second-order valence-corrected chi connectivity index (χ2v) is 3.40. The average molecular weight is 219 g/mol. The number of pyridine rings is 2. The highest BCUT2D eigenvalue weighted by molar-refractivity contribution is 5.74. The fourth-order valence-corrected chi connectivity index (χ4v) is 1.35. The van der Waals surface area contributed by atoms with E-state index >= 15 is 0 Å². The zero-order valence-corrected chi connectivity index (χ0v) is 8.77. The monoisotopic (exact) mass is 219 g/mol. The summed E-state index contributed by atoms with van der Waals surface area (Å²) in [5, 5.41) is 0.880. The number of aromatic nitrogens is 2. The summed E-state index contributed by atoms with van der Waals surface area (Å²) < 4.78 is 5.38. The van der Waals surface area contributed by atoms with Crippen LogP contribution in [-0.4, -0.2) is 23.1 Å². The summed E-state index contributed by atoms with van der Waals surface area (Å²) in [5.41, 5.74) is 5.73. The van der Waals surface area contributed by atoms with Crippen LogP contribution in [0.1, 0.15) is 6.42 Å². The lowest BCUT2D eigenvalue weighted by Gasteiger charge is -2.04. The fraction of sp³-hybridized carbons (Fsp3) is 0.273. The molecule has 0 atom stereocenters. The van der Waals surface area contributed by atoms with Crippen molar-refractivity contribution in [2.45, 2.75) is 6.42 Å². The normalized spacial score (nSPS) is 10.6. The van der Waals surface area contributed by atoms with Gasteiger partial charge < -0.3 is 15.5 Å². The van der Waals surface area contributed by atoms with Crippen molar-refractivity contribution < 1.29 is 4.74 Å². The van der Waals surface area contributed by atoms with Crippen molar-refractivity contribution in [2.75, 3.05) is 13.2 Å². The summed E-state index contributed by atoms with van der Waals surface area (Å²) in [4.78, 5) is 17.9. The van der Waals surface area contributed by atoms with Crippen LogP contribution in [0.4, 0.5) is 0 Å². The number of rotatable bonds is 4. The van der Waals surface area contributed by atoms with Gasteiger partial charge in [0.15, 0.2) is 0 Å². The molecule has 84 valence electrons. The van der Waals surface area contributed by atoms with E-state index in [2.05, 4.69) is 9.97 Å². The summed E-state index contributed by atoms with van der Waals surface area (Å²) >= 11 is 0. The van der Waals surface area contributed by atoms with E-state index in [0.717, 1.165) is 11.8 Å². The Kier molecular flexibility index (Phi) is 3.16. The number of hydrogen-bond acceptors (Lipinski definition) is 4. The van der Waals surface area contributed by atoms with Crippen molar-refractivity contribution in [1.82, 2.24) is 9.97 Å². The first-order valence-electron chi connectivity index (χ1n) is 5.12. The van der Waals surface area contributed by atoms with Crippen molar-refractivity contribution in [3.8, 4) is 5.88 Å². The molecule has 0 aliphatic carbocycles. The minimum absolute atomic E-state index is 0.167. The van der Waals surface area contributed by atoms with Gasteiger partial charge in [-0.25, -0.2) is 0 Å². The number of nitrogens with zero attached hydrogens (tertiary/aromatic N) is 1. The number of nitrogens with one attached hydrogen (secondary N) is 1. The summed E-state index contributed by atoms with van der Waals surface area (Å²) in [6, 6.07) is 6.83. The van der Waals surface area contributed by atoms with Crippen LogP contribution >= 0.6 is 0 Å². The first-order chi connectivity index (χ1) is 7.79. The molecule has 3 N–H and O–H groups in total. The Morgan fingerprint density at radius 1 is 1.31 bits per heavy atom. The molecule has 0 unspecified atom stereocenters. The quantitative estimate of drug-likeness (QED) is 0.740. The van der Waals surface area contributed by atoms with Crippen LogP contribution in [0.25, 0.3) is 11.0 Å². The minimum Gasteiger partial charge on any atom is -0.478 e. The highest BCUT2D eigenvalue weighted by Gasteiger charge is 1.99. The molecule has 5 heteroatoms. The Balaban J connectivity index is 2.25.